The van der Waals surface area contributed by atoms with Crippen molar-refractivity contribution < 1.29 is 14.4 Å². The maximum atomic E-state index is 11.1. The van der Waals surface area contributed by atoms with Gasteiger partial charge in [-0.2, -0.15) is 0 Å². The van der Waals surface area contributed by atoms with Crippen molar-refractivity contribution in [3.63, 3.8) is 0 Å². The molecule has 2 aromatic rings. The van der Waals surface area contributed by atoms with Crippen molar-refractivity contribution in [2.24, 2.45) is 4.99 Å². The number of nitro groups is 1. The van der Waals surface area contributed by atoms with Crippen molar-refractivity contribution in [2.75, 3.05) is 57.7 Å². The Labute approximate surface area is 187 Å². The summed E-state index contributed by atoms with van der Waals surface area (Å²) in [7, 11) is 5.02. The molecule has 0 aromatic heterocycles. The molecule has 0 radical (unpaired) electrons. The molecule has 0 spiro atoms. The first-order valence-corrected chi connectivity index (χ1v) is 10.5. The van der Waals surface area contributed by atoms with Crippen molar-refractivity contribution >= 4 is 23.0 Å². The van der Waals surface area contributed by atoms with Gasteiger partial charge in [0.1, 0.15) is 17.2 Å². The SMILES string of the molecule is CN=C(NCCNc1ccccc1[N+](=O)[O-])NC1CCN(c2cc(OC)cc(OC)c2)C1. The van der Waals surface area contributed by atoms with Crippen LogP contribution in [0.15, 0.2) is 47.5 Å². The van der Waals surface area contributed by atoms with Crippen LogP contribution in [-0.4, -0.2) is 64.4 Å². The number of benzene rings is 2. The van der Waals surface area contributed by atoms with Crippen LogP contribution < -0.4 is 30.3 Å². The number of nitro benzene ring substituents is 1. The molecular weight excluding hydrogens is 412 g/mol. The zero-order chi connectivity index (χ0) is 22.9. The zero-order valence-electron chi connectivity index (χ0n) is 18.6. The van der Waals surface area contributed by atoms with Gasteiger partial charge in [-0.3, -0.25) is 15.1 Å². The predicted molar refractivity (Wildman–Crippen MR) is 126 cm³/mol. The van der Waals surface area contributed by atoms with Gasteiger partial charge in [0.2, 0.25) is 0 Å². The Morgan fingerprint density at radius 2 is 1.91 bits per heavy atom. The van der Waals surface area contributed by atoms with E-state index < -0.39 is 0 Å². The minimum absolute atomic E-state index is 0.0650. The molecule has 1 heterocycles. The maximum Gasteiger partial charge on any atom is 0.292 e. The molecule has 1 atom stereocenters. The second kappa shape index (κ2) is 11.1. The first kappa shape index (κ1) is 23.0. The van der Waals surface area contributed by atoms with Gasteiger partial charge in [0.25, 0.3) is 5.69 Å². The lowest BCUT2D eigenvalue weighted by molar-refractivity contribution is -0.384. The molecule has 0 saturated carbocycles. The number of rotatable bonds is 9. The number of hydrogen-bond acceptors (Lipinski definition) is 7. The molecule has 3 N–H and O–H groups in total. The predicted octanol–water partition coefficient (Wildman–Crippen LogP) is 2.47. The number of anilines is 2. The molecule has 1 unspecified atom stereocenters. The second-order valence-corrected chi connectivity index (χ2v) is 7.35. The molecule has 1 saturated heterocycles. The van der Waals surface area contributed by atoms with Crippen molar-refractivity contribution in [1.29, 1.82) is 0 Å². The van der Waals surface area contributed by atoms with Gasteiger partial charge >= 0.3 is 0 Å². The third kappa shape index (κ3) is 5.93. The van der Waals surface area contributed by atoms with Crippen LogP contribution in [0.1, 0.15) is 6.42 Å². The quantitative estimate of drug-likeness (QED) is 0.178. The highest BCUT2D eigenvalue weighted by Gasteiger charge is 2.24. The largest absolute Gasteiger partial charge is 0.497 e. The molecule has 3 rings (SSSR count). The standard InChI is InChI=1S/C22H30N6O4/c1-23-22(25-10-9-24-20-6-4-5-7-21(20)28(29)30)26-16-8-11-27(15-16)17-12-18(31-2)14-19(13-17)32-3/h4-7,12-14,16,24H,8-11,15H2,1-3H3,(H2,23,25,26). The number of methoxy groups -OCH3 is 2. The van der Waals surface area contributed by atoms with Gasteiger partial charge in [0.15, 0.2) is 5.96 Å². The van der Waals surface area contributed by atoms with Crippen molar-refractivity contribution in [2.45, 2.75) is 12.5 Å². The van der Waals surface area contributed by atoms with Crippen LogP contribution in [-0.2, 0) is 0 Å². The Morgan fingerprint density at radius 3 is 2.56 bits per heavy atom. The summed E-state index contributed by atoms with van der Waals surface area (Å²) in [5.74, 6) is 2.23. The van der Waals surface area contributed by atoms with Crippen molar-refractivity contribution in [3.8, 4) is 11.5 Å². The summed E-state index contributed by atoms with van der Waals surface area (Å²) < 4.78 is 10.8. The minimum Gasteiger partial charge on any atom is -0.497 e. The normalized spacial score (nSPS) is 15.9. The number of nitrogens with zero attached hydrogens (tertiary/aromatic N) is 3. The van der Waals surface area contributed by atoms with Crippen LogP contribution >= 0.6 is 0 Å². The van der Waals surface area contributed by atoms with E-state index >= 15 is 0 Å². The van der Waals surface area contributed by atoms with Crippen LogP contribution in [0.4, 0.5) is 17.1 Å². The second-order valence-electron chi connectivity index (χ2n) is 7.35. The average Bonchev–Trinajstić information content (AvgIpc) is 3.29. The molecule has 2 aromatic carbocycles. The van der Waals surface area contributed by atoms with Crippen LogP contribution in [0, 0.1) is 10.1 Å². The molecule has 172 valence electrons. The van der Waals surface area contributed by atoms with Gasteiger partial charge in [0.05, 0.1) is 19.1 Å². The summed E-state index contributed by atoms with van der Waals surface area (Å²) in [4.78, 5) is 17.3. The summed E-state index contributed by atoms with van der Waals surface area (Å²) in [5, 5.41) is 20.9. The molecule has 1 aliphatic heterocycles. The van der Waals surface area contributed by atoms with E-state index in [4.69, 9.17) is 9.47 Å². The Balaban J connectivity index is 1.48. The van der Waals surface area contributed by atoms with Gasteiger partial charge in [-0.25, -0.2) is 0 Å². The molecule has 32 heavy (non-hydrogen) atoms. The summed E-state index contributed by atoms with van der Waals surface area (Å²) in [5.41, 5.74) is 1.62. The number of aliphatic imine (C=N–C) groups is 1. The van der Waals surface area contributed by atoms with Gasteiger partial charge in [-0.05, 0) is 12.5 Å². The molecule has 1 fully saturated rings. The third-order valence-corrected chi connectivity index (χ3v) is 5.29. The Hall–Kier alpha value is -3.69. The summed E-state index contributed by atoms with van der Waals surface area (Å²) in [6, 6.07) is 12.7. The van der Waals surface area contributed by atoms with Crippen molar-refractivity contribution in [1.82, 2.24) is 10.6 Å². The van der Waals surface area contributed by atoms with E-state index in [-0.39, 0.29) is 16.7 Å². The number of nitrogens with one attached hydrogen (secondary N) is 3. The molecule has 0 bridgehead atoms. The zero-order valence-corrected chi connectivity index (χ0v) is 18.6. The lowest BCUT2D eigenvalue weighted by Crippen LogP contribution is -2.45. The molecule has 10 heteroatoms. The minimum atomic E-state index is -0.389. The fourth-order valence-corrected chi connectivity index (χ4v) is 3.64. The number of guanidine groups is 1. The van der Waals surface area contributed by atoms with Gasteiger partial charge in [-0.15, -0.1) is 0 Å². The van der Waals surface area contributed by atoms with E-state index in [9.17, 15) is 10.1 Å². The Bertz CT molecular complexity index is 930. The highest BCUT2D eigenvalue weighted by atomic mass is 16.6. The Kier molecular flexibility index (Phi) is 7.96. The summed E-state index contributed by atoms with van der Waals surface area (Å²) >= 11 is 0. The van der Waals surface area contributed by atoms with Gasteiger partial charge < -0.3 is 30.3 Å². The first-order valence-electron chi connectivity index (χ1n) is 10.5. The van der Waals surface area contributed by atoms with Gasteiger partial charge in [-0.1, -0.05) is 12.1 Å². The highest BCUT2D eigenvalue weighted by Crippen LogP contribution is 2.30. The smallest absolute Gasteiger partial charge is 0.292 e. The molecule has 0 amide bonds. The van der Waals surface area contributed by atoms with E-state index in [2.05, 4.69) is 25.8 Å². The van der Waals surface area contributed by atoms with Crippen LogP contribution in [0.25, 0.3) is 0 Å². The van der Waals surface area contributed by atoms with E-state index in [0.29, 0.717) is 24.7 Å². The van der Waals surface area contributed by atoms with E-state index in [1.54, 1.807) is 39.5 Å². The van der Waals surface area contributed by atoms with Gasteiger partial charge in [0, 0.05) is 69.2 Å². The van der Waals surface area contributed by atoms with Crippen LogP contribution in [0.2, 0.25) is 0 Å². The first-order chi connectivity index (χ1) is 15.5. The monoisotopic (exact) mass is 442 g/mol. The summed E-state index contributed by atoms with van der Waals surface area (Å²) in [6.07, 6.45) is 0.967. The lowest BCUT2D eigenvalue weighted by atomic mass is 10.2. The highest BCUT2D eigenvalue weighted by molar-refractivity contribution is 5.80. The molecule has 1 aliphatic rings. The number of hydrogen-bond donors (Lipinski definition) is 3. The maximum absolute atomic E-state index is 11.1. The summed E-state index contributed by atoms with van der Waals surface area (Å²) in [6.45, 7) is 2.82. The van der Waals surface area contributed by atoms with E-state index in [1.165, 1.54) is 6.07 Å². The third-order valence-electron chi connectivity index (χ3n) is 5.29. The number of para-hydroxylation sites is 2. The fraction of sp³-hybridized carbons (Fsp3) is 0.409. The molecule has 0 aliphatic carbocycles. The molecule has 10 nitrogen and oxygen atoms in total. The Morgan fingerprint density at radius 1 is 1.19 bits per heavy atom. The van der Waals surface area contributed by atoms with E-state index in [0.717, 1.165) is 36.7 Å². The average molecular weight is 443 g/mol. The van der Waals surface area contributed by atoms with E-state index in [1.807, 2.05) is 18.2 Å². The van der Waals surface area contributed by atoms with Crippen LogP contribution in [0.3, 0.4) is 0 Å². The van der Waals surface area contributed by atoms with Crippen LogP contribution in [0.5, 0.6) is 11.5 Å². The lowest BCUT2D eigenvalue weighted by Gasteiger charge is -2.21. The molecular formula is C22H30N6O4. The van der Waals surface area contributed by atoms with Crippen molar-refractivity contribution in [3.05, 3.63) is 52.6 Å². The fourth-order valence-electron chi connectivity index (χ4n) is 3.64. The number of ether oxygens (including phenoxy) is 2. The topological polar surface area (TPSA) is 113 Å².